The second kappa shape index (κ2) is 7.20. The number of hydrogen-bond acceptors (Lipinski definition) is 9. The molecule has 0 aliphatic carbocycles. The van der Waals surface area contributed by atoms with Crippen LogP contribution < -0.4 is 16.0 Å². The molecule has 0 bridgehead atoms. The molecular weight excluding hydrogens is 328 g/mol. The van der Waals surface area contributed by atoms with Crippen molar-refractivity contribution in [3.05, 3.63) is 23.5 Å². The fourth-order valence-electron chi connectivity index (χ4n) is 2.44. The molecule has 3 heterocycles. The van der Waals surface area contributed by atoms with E-state index in [1.807, 2.05) is 11.0 Å². The van der Waals surface area contributed by atoms with Crippen LogP contribution in [-0.4, -0.2) is 58.5 Å². The molecule has 1 aliphatic rings. The Labute approximate surface area is 142 Å². The zero-order valence-corrected chi connectivity index (χ0v) is 13.7. The summed E-state index contributed by atoms with van der Waals surface area (Å²) in [6.45, 7) is 3.33. The summed E-state index contributed by atoms with van der Waals surface area (Å²) in [6, 6.07) is 3.90. The topological polar surface area (TPSA) is 124 Å². The fraction of sp³-hybridized carbons (Fsp3) is 0.357. The van der Waals surface area contributed by atoms with E-state index in [0.717, 1.165) is 32.0 Å². The zero-order chi connectivity index (χ0) is 16.9. The van der Waals surface area contributed by atoms with Crippen molar-refractivity contribution in [2.24, 2.45) is 5.73 Å². The lowest BCUT2D eigenvalue weighted by atomic mass is 10.3. The summed E-state index contributed by atoms with van der Waals surface area (Å²) in [5.74, 6) is 1.12. The molecule has 2 aromatic rings. The lowest BCUT2D eigenvalue weighted by Crippen LogP contribution is -2.49. The van der Waals surface area contributed by atoms with Crippen molar-refractivity contribution in [1.82, 2.24) is 19.9 Å². The van der Waals surface area contributed by atoms with Crippen LogP contribution in [0.5, 0.6) is 0 Å². The van der Waals surface area contributed by atoms with E-state index in [9.17, 15) is 4.79 Å². The van der Waals surface area contributed by atoms with Gasteiger partial charge in [0.1, 0.15) is 28.9 Å². The quantitative estimate of drug-likeness (QED) is 0.786. The number of nitriles is 1. The normalized spacial score (nSPS) is 15.0. The van der Waals surface area contributed by atoms with Crippen LogP contribution in [0.4, 0.5) is 16.8 Å². The van der Waals surface area contributed by atoms with Gasteiger partial charge in [-0.15, -0.1) is 0 Å². The fourth-order valence-corrected chi connectivity index (χ4v) is 3.06. The lowest BCUT2D eigenvalue weighted by Gasteiger charge is -2.34. The number of primary amides is 1. The molecule has 3 N–H and O–H groups in total. The first kappa shape index (κ1) is 16.1. The minimum absolute atomic E-state index is 0.287. The Balaban J connectivity index is 1.63. The predicted octanol–water partition coefficient (Wildman–Crippen LogP) is 0.156. The number of hydrogen-bond donors (Lipinski definition) is 2. The molecule has 1 fully saturated rings. The van der Waals surface area contributed by atoms with Crippen molar-refractivity contribution >= 4 is 34.0 Å². The van der Waals surface area contributed by atoms with E-state index in [-0.39, 0.29) is 12.5 Å². The van der Waals surface area contributed by atoms with Crippen LogP contribution in [-0.2, 0) is 4.79 Å². The summed E-state index contributed by atoms with van der Waals surface area (Å²) >= 11 is 1.27. The Hall–Kier alpha value is -2.77. The molecule has 9 nitrogen and oxygen atoms in total. The molecule has 1 amide bonds. The van der Waals surface area contributed by atoms with Gasteiger partial charge in [0, 0.05) is 32.2 Å². The maximum Gasteiger partial charge on any atom is 0.231 e. The van der Waals surface area contributed by atoms with Gasteiger partial charge in [0.25, 0.3) is 0 Å². The Bertz CT molecular complexity index is 762. The van der Waals surface area contributed by atoms with Gasteiger partial charge in [-0.3, -0.25) is 9.69 Å². The van der Waals surface area contributed by atoms with Gasteiger partial charge in [-0.05, 0) is 0 Å². The maximum absolute atomic E-state index is 11.0. The van der Waals surface area contributed by atoms with Crippen LogP contribution in [0.2, 0.25) is 0 Å². The van der Waals surface area contributed by atoms with Gasteiger partial charge in [0.15, 0.2) is 5.13 Å². The van der Waals surface area contributed by atoms with E-state index in [1.165, 1.54) is 23.9 Å². The third kappa shape index (κ3) is 3.95. The van der Waals surface area contributed by atoms with Crippen molar-refractivity contribution in [3.8, 4) is 6.07 Å². The van der Waals surface area contributed by atoms with Crippen LogP contribution in [0.3, 0.4) is 0 Å². The van der Waals surface area contributed by atoms with Crippen molar-refractivity contribution < 1.29 is 4.79 Å². The minimum atomic E-state index is -0.308. The van der Waals surface area contributed by atoms with Gasteiger partial charge in [0.05, 0.1) is 12.7 Å². The predicted molar refractivity (Wildman–Crippen MR) is 90.0 cm³/mol. The number of amides is 1. The Morgan fingerprint density at radius 1 is 1.33 bits per heavy atom. The standard InChI is InChI=1S/C14H16N8OS/c15-6-10-7-17-14(24-10)20-12-5-13(19-9-18-12)22-3-1-21(2-4-22)8-11(16)23/h5,7,9H,1-4,8H2,(H2,16,23)(H,17,18,19,20). The molecule has 0 spiro atoms. The largest absolute Gasteiger partial charge is 0.369 e. The maximum atomic E-state index is 11.0. The average Bonchev–Trinajstić information content (AvgIpc) is 3.03. The molecule has 2 aromatic heterocycles. The molecule has 10 heteroatoms. The highest BCUT2D eigenvalue weighted by Crippen LogP contribution is 2.23. The molecule has 1 aliphatic heterocycles. The number of carbonyl (C=O) groups excluding carboxylic acids is 1. The van der Waals surface area contributed by atoms with Crippen LogP contribution in [0, 0.1) is 11.3 Å². The van der Waals surface area contributed by atoms with E-state index < -0.39 is 0 Å². The number of nitrogens with one attached hydrogen (secondary N) is 1. The molecule has 3 rings (SSSR count). The minimum Gasteiger partial charge on any atom is -0.369 e. The zero-order valence-electron chi connectivity index (χ0n) is 12.8. The number of rotatable bonds is 5. The van der Waals surface area contributed by atoms with E-state index in [4.69, 9.17) is 11.0 Å². The average molecular weight is 344 g/mol. The van der Waals surface area contributed by atoms with Crippen LogP contribution >= 0.6 is 11.3 Å². The second-order valence-corrected chi connectivity index (χ2v) is 6.29. The summed E-state index contributed by atoms with van der Waals surface area (Å²) in [4.78, 5) is 28.3. The summed E-state index contributed by atoms with van der Waals surface area (Å²) in [7, 11) is 0. The van der Waals surface area contributed by atoms with Crippen molar-refractivity contribution in [2.45, 2.75) is 0 Å². The first-order valence-electron chi connectivity index (χ1n) is 7.34. The molecule has 24 heavy (non-hydrogen) atoms. The van der Waals surface area contributed by atoms with Gasteiger partial charge in [0.2, 0.25) is 5.91 Å². The van der Waals surface area contributed by atoms with Crippen molar-refractivity contribution in [3.63, 3.8) is 0 Å². The molecule has 0 saturated carbocycles. The SMILES string of the molecule is N#Cc1cnc(Nc2cc(N3CCN(CC(N)=O)CC3)ncn2)s1. The van der Waals surface area contributed by atoms with Gasteiger partial charge in [-0.1, -0.05) is 11.3 Å². The molecule has 0 aromatic carbocycles. The molecule has 0 radical (unpaired) electrons. The van der Waals surface area contributed by atoms with E-state index in [0.29, 0.717) is 15.8 Å². The lowest BCUT2D eigenvalue weighted by molar-refractivity contribution is -0.119. The van der Waals surface area contributed by atoms with Crippen molar-refractivity contribution in [1.29, 1.82) is 5.26 Å². The summed E-state index contributed by atoms with van der Waals surface area (Å²) in [6.07, 6.45) is 3.01. The number of thiazole rings is 1. The molecule has 0 atom stereocenters. The Kier molecular flexibility index (Phi) is 4.83. The van der Waals surface area contributed by atoms with Gasteiger partial charge in [-0.25, -0.2) is 15.0 Å². The summed E-state index contributed by atoms with van der Waals surface area (Å²) in [5.41, 5.74) is 5.23. The molecule has 1 saturated heterocycles. The highest BCUT2D eigenvalue weighted by Gasteiger charge is 2.19. The molecule has 0 unspecified atom stereocenters. The number of nitrogens with zero attached hydrogens (tertiary/aromatic N) is 6. The number of nitrogens with two attached hydrogens (primary N) is 1. The first-order chi connectivity index (χ1) is 11.6. The highest BCUT2D eigenvalue weighted by atomic mass is 32.1. The van der Waals surface area contributed by atoms with Crippen LogP contribution in [0.1, 0.15) is 4.88 Å². The highest BCUT2D eigenvalue weighted by molar-refractivity contribution is 7.16. The third-order valence-electron chi connectivity index (χ3n) is 3.58. The summed E-state index contributed by atoms with van der Waals surface area (Å²) < 4.78 is 0. The van der Waals surface area contributed by atoms with Crippen LogP contribution in [0.25, 0.3) is 0 Å². The number of piperazine rings is 1. The molecule has 124 valence electrons. The summed E-state index contributed by atoms with van der Waals surface area (Å²) in [5, 5.41) is 12.5. The first-order valence-corrected chi connectivity index (χ1v) is 8.16. The number of carbonyl (C=O) groups is 1. The van der Waals surface area contributed by atoms with Gasteiger partial charge < -0.3 is 16.0 Å². The molecular formula is C14H16N8OS. The van der Waals surface area contributed by atoms with Crippen LogP contribution in [0.15, 0.2) is 18.6 Å². The van der Waals surface area contributed by atoms with E-state index in [2.05, 4.69) is 31.2 Å². The van der Waals surface area contributed by atoms with Gasteiger partial charge in [-0.2, -0.15) is 5.26 Å². The Morgan fingerprint density at radius 2 is 2.12 bits per heavy atom. The number of anilines is 3. The van der Waals surface area contributed by atoms with Crippen molar-refractivity contribution in [2.75, 3.05) is 42.9 Å². The number of aromatic nitrogens is 3. The van der Waals surface area contributed by atoms with Gasteiger partial charge >= 0.3 is 0 Å². The smallest absolute Gasteiger partial charge is 0.231 e. The monoisotopic (exact) mass is 344 g/mol. The Morgan fingerprint density at radius 3 is 2.79 bits per heavy atom. The van der Waals surface area contributed by atoms with E-state index in [1.54, 1.807) is 0 Å². The third-order valence-corrected chi connectivity index (χ3v) is 4.40. The second-order valence-electron chi connectivity index (χ2n) is 5.26. The van der Waals surface area contributed by atoms with E-state index >= 15 is 0 Å².